The third-order valence-electron chi connectivity index (χ3n) is 6.75. The zero-order valence-electron chi connectivity index (χ0n) is 20.4. The summed E-state index contributed by atoms with van der Waals surface area (Å²) in [6, 6.07) is 14.1. The summed E-state index contributed by atoms with van der Waals surface area (Å²) in [6.45, 7) is 7.44. The molecule has 3 aromatic rings. The smallest absolute Gasteiger partial charge is 0.256 e. The van der Waals surface area contributed by atoms with Crippen LogP contribution in [0.2, 0.25) is 0 Å². The van der Waals surface area contributed by atoms with Crippen LogP contribution in [0.5, 0.6) is 5.75 Å². The summed E-state index contributed by atoms with van der Waals surface area (Å²) >= 11 is 0. The van der Waals surface area contributed by atoms with E-state index in [0.29, 0.717) is 24.2 Å². The number of methoxy groups -OCH3 is 1. The van der Waals surface area contributed by atoms with Gasteiger partial charge in [-0.2, -0.15) is 0 Å². The predicted octanol–water partition coefficient (Wildman–Crippen LogP) is 4.31. The number of benzene rings is 2. The molecular weight excluding hydrogens is 440 g/mol. The maximum absolute atomic E-state index is 13.3. The summed E-state index contributed by atoms with van der Waals surface area (Å²) in [4.78, 5) is 31.4. The molecule has 2 aliphatic rings. The molecule has 1 fully saturated rings. The SMILES string of the molecule is COc1cccc(-c2cccc3c2C(=Cc2[nH]cc(C(=O)N4CC(C)NC(C)C4)c2C)C(=O)N3)c1. The number of ether oxygens (including phenoxy) is 1. The molecule has 0 radical (unpaired) electrons. The van der Waals surface area contributed by atoms with E-state index in [0.717, 1.165) is 39.4 Å². The van der Waals surface area contributed by atoms with Crippen molar-refractivity contribution >= 4 is 29.2 Å². The van der Waals surface area contributed by atoms with Crippen molar-refractivity contribution < 1.29 is 14.3 Å². The highest BCUT2D eigenvalue weighted by molar-refractivity contribution is 6.36. The molecular formula is C28H30N4O3. The van der Waals surface area contributed by atoms with E-state index in [1.165, 1.54) is 0 Å². The fourth-order valence-electron chi connectivity index (χ4n) is 5.11. The highest BCUT2D eigenvalue weighted by Crippen LogP contribution is 2.41. The van der Waals surface area contributed by atoms with Crippen LogP contribution in [-0.4, -0.2) is 54.0 Å². The van der Waals surface area contributed by atoms with Crippen molar-refractivity contribution in [1.82, 2.24) is 15.2 Å². The number of anilines is 1. The molecule has 2 aliphatic heterocycles. The van der Waals surface area contributed by atoms with Crippen molar-refractivity contribution in [1.29, 1.82) is 0 Å². The summed E-state index contributed by atoms with van der Waals surface area (Å²) in [6.07, 6.45) is 3.60. The first-order chi connectivity index (χ1) is 16.9. The number of rotatable bonds is 4. The molecule has 7 nitrogen and oxygen atoms in total. The minimum Gasteiger partial charge on any atom is -0.497 e. The molecule has 1 saturated heterocycles. The van der Waals surface area contributed by atoms with Crippen LogP contribution in [0, 0.1) is 6.92 Å². The quantitative estimate of drug-likeness (QED) is 0.496. The largest absolute Gasteiger partial charge is 0.497 e. The first-order valence-electron chi connectivity index (χ1n) is 11.9. The molecule has 0 bridgehead atoms. The van der Waals surface area contributed by atoms with Crippen LogP contribution in [0.3, 0.4) is 0 Å². The Morgan fingerprint density at radius 2 is 1.86 bits per heavy atom. The standard InChI is InChI=1S/C28H30N4O3/c1-16-14-32(15-17(2)30-16)28(34)23-13-29-25(18(23)3)12-22-26-21(9-6-10-24(26)31-27(22)33)19-7-5-8-20(11-19)35-4/h5-13,16-17,29-30H,14-15H2,1-4H3,(H,31,33). The van der Waals surface area contributed by atoms with E-state index >= 15 is 0 Å². The fourth-order valence-corrected chi connectivity index (χ4v) is 5.11. The van der Waals surface area contributed by atoms with Gasteiger partial charge in [0.25, 0.3) is 11.8 Å². The highest BCUT2D eigenvalue weighted by Gasteiger charge is 2.30. The molecule has 2 atom stereocenters. The minimum absolute atomic E-state index is 0.0111. The molecule has 2 aromatic carbocycles. The van der Waals surface area contributed by atoms with Gasteiger partial charge in [-0.1, -0.05) is 24.3 Å². The normalized spacial score (nSPS) is 20.6. The van der Waals surface area contributed by atoms with Crippen LogP contribution >= 0.6 is 0 Å². The van der Waals surface area contributed by atoms with Crippen molar-refractivity contribution in [2.24, 2.45) is 0 Å². The van der Waals surface area contributed by atoms with Crippen LogP contribution in [-0.2, 0) is 4.79 Å². The molecule has 0 spiro atoms. The van der Waals surface area contributed by atoms with Gasteiger partial charge in [0, 0.05) is 48.3 Å². The molecule has 7 heteroatoms. The van der Waals surface area contributed by atoms with E-state index in [1.807, 2.05) is 60.4 Å². The number of fused-ring (bicyclic) bond motifs is 1. The monoisotopic (exact) mass is 470 g/mol. The van der Waals surface area contributed by atoms with Crippen molar-refractivity contribution in [2.75, 3.05) is 25.5 Å². The highest BCUT2D eigenvalue weighted by atomic mass is 16.5. The summed E-state index contributed by atoms with van der Waals surface area (Å²) in [5.74, 6) is 0.599. The third-order valence-corrected chi connectivity index (χ3v) is 6.75. The Hall–Kier alpha value is -3.84. The molecule has 3 N–H and O–H groups in total. The molecule has 0 aliphatic carbocycles. The van der Waals surface area contributed by atoms with Crippen LogP contribution in [0.4, 0.5) is 5.69 Å². The summed E-state index contributed by atoms with van der Waals surface area (Å²) < 4.78 is 5.40. The topological polar surface area (TPSA) is 86.5 Å². The Bertz CT molecular complexity index is 1330. The number of hydrogen-bond acceptors (Lipinski definition) is 4. The number of hydrogen-bond donors (Lipinski definition) is 3. The van der Waals surface area contributed by atoms with Gasteiger partial charge in [0.1, 0.15) is 5.75 Å². The first-order valence-corrected chi connectivity index (χ1v) is 11.9. The second-order valence-electron chi connectivity index (χ2n) is 9.39. The van der Waals surface area contributed by atoms with Crippen molar-refractivity contribution in [3.05, 3.63) is 71.0 Å². The van der Waals surface area contributed by atoms with Crippen LogP contribution < -0.4 is 15.4 Å². The second kappa shape index (κ2) is 9.07. The molecule has 35 heavy (non-hydrogen) atoms. The number of H-pyrrole nitrogens is 1. The molecule has 0 saturated carbocycles. The Kier molecular flexibility index (Phi) is 5.94. The number of carbonyl (C=O) groups excluding carboxylic acids is 2. The lowest BCUT2D eigenvalue weighted by Crippen LogP contribution is -2.55. The van der Waals surface area contributed by atoms with Gasteiger partial charge < -0.3 is 25.3 Å². The van der Waals surface area contributed by atoms with Gasteiger partial charge in [-0.05, 0) is 61.7 Å². The van der Waals surface area contributed by atoms with Crippen molar-refractivity contribution in [2.45, 2.75) is 32.9 Å². The number of carbonyl (C=O) groups is 2. The number of piperazine rings is 1. The van der Waals surface area contributed by atoms with Gasteiger partial charge in [-0.15, -0.1) is 0 Å². The molecule has 3 heterocycles. The maximum Gasteiger partial charge on any atom is 0.256 e. The zero-order valence-corrected chi connectivity index (χ0v) is 20.4. The van der Waals surface area contributed by atoms with Crippen LogP contribution in [0.15, 0.2) is 48.7 Å². The summed E-state index contributed by atoms with van der Waals surface area (Å²) in [7, 11) is 1.64. The maximum atomic E-state index is 13.3. The van der Waals surface area contributed by atoms with Gasteiger partial charge in [0.05, 0.1) is 18.2 Å². The van der Waals surface area contributed by atoms with Crippen LogP contribution in [0.25, 0.3) is 22.8 Å². The van der Waals surface area contributed by atoms with Crippen molar-refractivity contribution in [3.8, 4) is 16.9 Å². The van der Waals surface area contributed by atoms with E-state index in [2.05, 4.69) is 29.5 Å². The summed E-state index contributed by atoms with van der Waals surface area (Å²) in [5, 5.41) is 6.44. The lowest BCUT2D eigenvalue weighted by molar-refractivity contribution is -0.110. The van der Waals surface area contributed by atoms with Gasteiger partial charge in [-0.25, -0.2) is 0 Å². The number of nitrogens with one attached hydrogen (secondary N) is 3. The number of nitrogens with zero attached hydrogens (tertiary/aromatic N) is 1. The van der Waals surface area contributed by atoms with Gasteiger partial charge in [-0.3, -0.25) is 9.59 Å². The Balaban J connectivity index is 1.52. The van der Waals surface area contributed by atoms with Gasteiger partial charge >= 0.3 is 0 Å². The Labute approximate surface area is 205 Å². The van der Waals surface area contributed by atoms with E-state index in [-0.39, 0.29) is 23.9 Å². The van der Waals surface area contributed by atoms with E-state index in [9.17, 15) is 9.59 Å². The number of aromatic amines is 1. The van der Waals surface area contributed by atoms with Crippen LogP contribution in [0.1, 0.15) is 41.0 Å². The average molecular weight is 471 g/mol. The number of amides is 2. The fraction of sp³-hybridized carbons (Fsp3) is 0.286. The third kappa shape index (κ3) is 4.23. The van der Waals surface area contributed by atoms with Crippen molar-refractivity contribution in [3.63, 3.8) is 0 Å². The Morgan fingerprint density at radius 3 is 2.60 bits per heavy atom. The Morgan fingerprint density at radius 1 is 1.11 bits per heavy atom. The zero-order chi connectivity index (χ0) is 24.7. The molecule has 180 valence electrons. The lowest BCUT2D eigenvalue weighted by atomic mass is 9.94. The molecule has 2 unspecified atom stereocenters. The minimum atomic E-state index is -0.165. The average Bonchev–Trinajstić information content (AvgIpc) is 3.37. The van der Waals surface area contributed by atoms with E-state index in [1.54, 1.807) is 13.3 Å². The molecule has 5 rings (SSSR count). The first kappa shape index (κ1) is 22.9. The predicted molar refractivity (Wildman–Crippen MR) is 138 cm³/mol. The van der Waals surface area contributed by atoms with Gasteiger partial charge in [0.2, 0.25) is 0 Å². The van der Waals surface area contributed by atoms with Gasteiger partial charge in [0.15, 0.2) is 0 Å². The molecule has 1 aromatic heterocycles. The van der Waals surface area contributed by atoms with E-state index in [4.69, 9.17) is 4.74 Å². The lowest BCUT2D eigenvalue weighted by Gasteiger charge is -2.36. The summed E-state index contributed by atoms with van der Waals surface area (Å²) in [5.41, 5.74) is 6.30. The second-order valence-corrected chi connectivity index (χ2v) is 9.39. The number of aromatic nitrogens is 1. The molecule has 2 amide bonds. The van der Waals surface area contributed by atoms with E-state index < -0.39 is 0 Å².